The second kappa shape index (κ2) is 23.4. The Morgan fingerprint density at radius 2 is 1.36 bits per heavy atom. The lowest BCUT2D eigenvalue weighted by Crippen LogP contribution is -2.58. The number of aliphatic hydroxyl groups excluding tert-OH is 1. The number of carbonyl (C=O) groups excluding carboxylic acids is 2. The van der Waals surface area contributed by atoms with Crippen LogP contribution in [-0.2, 0) is 13.1 Å². The third kappa shape index (κ3) is 12.0. The summed E-state index contributed by atoms with van der Waals surface area (Å²) in [5.74, 6) is 0.203. The highest BCUT2D eigenvalue weighted by molar-refractivity contribution is 6.08. The number of nitrogens with one attached hydrogen (secondary N) is 1. The molecule has 0 bridgehead atoms. The third-order valence-electron chi connectivity index (χ3n) is 13.4. The number of pyridine rings is 1. The second-order valence-electron chi connectivity index (χ2n) is 17.8. The van der Waals surface area contributed by atoms with Gasteiger partial charge in [0.2, 0.25) is 0 Å². The number of hydrogen-bond donors (Lipinski definition) is 2. The first kappa shape index (κ1) is 47.9. The van der Waals surface area contributed by atoms with Crippen molar-refractivity contribution >= 4 is 39.0 Å². The summed E-state index contributed by atoms with van der Waals surface area (Å²) in [6.07, 6.45) is 8.94. The molecule has 0 spiro atoms. The molecule has 346 valence electrons. The molecule has 2 saturated heterocycles. The van der Waals surface area contributed by atoms with E-state index < -0.39 is 4.92 Å². The Morgan fingerprint density at radius 1 is 0.758 bits per heavy atom. The summed E-state index contributed by atoms with van der Waals surface area (Å²) in [7, 11) is 0. The number of benzene rings is 5. The van der Waals surface area contributed by atoms with E-state index in [-0.39, 0.29) is 36.2 Å². The summed E-state index contributed by atoms with van der Waals surface area (Å²) in [5, 5.41) is 28.7. The van der Waals surface area contributed by atoms with Crippen molar-refractivity contribution in [3.63, 3.8) is 0 Å². The van der Waals surface area contributed by atoms with Crippen molar-refractivity contribution in [3.05, 3.63) is 166 Å². The second-order valence-corrected chi connectivity index (χ2v) is 17.8. The van der Waals surface area contributed by atoms with Crippen molar-refractivity contribution in [2.45, 2.75) is 90.1 Å². The highest BCUT2D eigenvalue weighted by Gasteiger charge is 2.34. The molecular formula is C54H65N7O5. The number of nitro groups is 1. The lowest BCUT2D eigenvalue weighted by Gasteiger charge is -2.45. The smallest absolute Gasteiger partial charge is 0.269 e. The number of non-ortho nitro benzene ring substituents is 1. The first-order valence-corrected chi connectivity index (χ1v) is 23.7. The zero-order valence-electron chi connectivity index (χ0n) is 38.7. The zero-order valence-corrected chi connectivity index (χ0v) is 38.7. The Kier molecular flexibility index (Phi) is 17.0. The Labute approximate surface area is 389 Å². The van der Waals surface area contributed by atoms with E-state index in [1.807, 2.05) is 90.1 Å². The summed E-state index contributed by atoms with van der Waals surface area (Å²) < 4.78 is 0. The minimum atomic E-state index is -0.411. The van der Waals surface area contributed by atoms with Crippen LogP contribution in [0.1, 0.15) is 84.7 Å². The monoisotopic (exact) mass is 892 g/mol. The van der Waals surface area contributed by atoms with E-state index in [0.29, 0.717) is 38.1 Å². The van der Waals surface area contributed by atoms with Gasteiger partial charge < -0.3 is 20.2 Å². The van der Waals surface area contributed by atoms with E-state index in [0.717, 1.165) is 83.8 Å². The van der Waals surface area contributed by atoms with Crippen LogP contribution in [0, 0.1) is 10.1 Å². The van der Waals surface area contributed by atoms with Gasteiger partial charge in [-0.2, -0.15) is 0 Å². The number of amides is 2. The molecule has 1 unspecified atom stereocenters. The van der Waals surface area contributed by atoms with Crippen LogP contribution in [0.4, 0.5) is 5.69 Å². The average Bonchev–Trinajstić information content (AvgIpc) is 3.36. The third-order valence-corrected chi connectivity index (χ3v) is 13.4. The molecule has 12 nitrogen and oxygen atoms in total. The fourth-order valence-corrected chi connectivity index (χ4v) is 9.52. The van der Waals surface area contributed by atoms with Crippen LogP contribution < -0.4 is 5.32 Å². The van der Waals surface area contributed by atoms with E-state index >= 15 is 0 Å². The van der Waals surface area contributed by atoms with Crippen molar-refractivity contribution in [3.8, 4) is 0 Å². The lowest BCUT2D eigenvalue weighted by molar-refractivity contribution is -0.384. The molecule has 1 aromatic heterocycles. The predicted octanol–water partition coefficient (Wildman–Crippen LogP) is 8.97. The minimum Gasteiger partial charge on any atom is -0.395 e. The van der Waals surface area contributed by atoms with Crippen molar-refractivity contribution in [1.29, 1.82) is 0 Å². The number of aliphatic hydroxyl groups is 1. The number of nitrogens with zero attached hydrogens (tertiary/aromatic N) is 6. The van der Waals surface area contributed by atoms with Gasteiger partial charge in [-0.3, -0.25) is 34.5 Å². The molecule has 12 heteroatoms. The maximum atomic E-state index is 13.6. The summed E-state index contributed by atoms with van der Waals surface area (Å²) in [6, 6.07) is 39.3. The van der Waals surface area contributed by atoms with Crippen LogP contribution in [-0.4, -0.2) is 116 Å². The predicted molar refractivity (Wildman–Crippen MR) is 263 cm³/mol. The molecule has 2 fully saturated rings. The van der Waals surface area contributed by atoms with Crippen LogP contribution in [0.5, 0.6) is 0 Å². The van der Waals surface area contributed by atoms with Crippen LogP contribution in [0.15, 0.2) is 134 Å². The van der Waals surface area contributed by atoms with Gasteiger partial charge in [-0.05, 0) is 77.1 Å². The van der Waals surface area contributed by atoms with Gasteiger partial charge in [0.1, 0.15) is 0 Å². The largest absolute Gasteiger partial charge is 0.395 e. The van der Waals surface area contributed by atoms with E-state index in [1.54, 1.807) is 12.1 Å². The molecule has 6 aromatic rings. The van der Waals surface area contributed by atoms with Crippen molar-refractivity contribution in [2.75, 3.05) is 45.9 Å². The molecule has 5 aromatic carbocycles. The fourth-order valence-electron chi connectivity index (χ4n) is 9.52. The Hall–Kier alpha value is -6.05. The number of unbranched alkanes of at least 4 members (excludes halogenated alkanes) is 1. The molecule has 2 amide bonds. The Morgan fingerprint density at radius 3 is 1.94 bits per heavy atom. The van der Waals surface area contributed by atoms with E-state index in [2.05, 4.69) is 70.0 Å². The summed E-state index contributed by atoms with van der Waals surface area (Å²) in [6.45, 7) is 12.5. The lowest BCUT2D eigenvalue weighted by atomic mass is 9.98. The van der Waals surface area contributed by atoms with Gasteiger partial charge in [0.05, 0.1) is 11.5 Å². The highest BCUT2D eigenvalue weighted by Crippen LogP contribution is 2.26. The molecule has 0 saturated carbocycles. The summed E-state index contributed by atoms with van der Waals surface area (Å²) in [4.78, 5) is 50.8. The molecule has 66 heavy (non-hydrogen) atoms. The van der Waals surface area contributed by atoms with Crippen molar-refractivity contribution < 1.29 is 19.6 Å². The molecular weight excluding hydrogens is 827 g/mol. The normalized spacial score (nSPS) is 17.8. The number of carbonyl (C=O) groups is 2. The molecule has 4 atom stereocenters. The van der Waals surface area contributed by atoms with Gasteiger partial charge in [-0.15, -0.1) is 0 Å². The van der Waals surface area contributed by atoms with Crippen LogP contribution >= 0.6 is 0 Å². The topological polar surface area (TPSA) is 135 Å². The zero-order chi connectivity index (χ0) is 46.4. The molecule has 0 radical (unpaired) electrons. The number of nitro benzene ring substituents is 1. The van der Waals surface area contributed by atoms with Crippen LogP contribution in [0.2, 0.25) is 0 Å². The minimum absolute atomic E-state index is 0.0326. The van der Waals surface area contributed by atoms with Crippen molar-refractivity contribution in [2.24, 2.45) is 0 Å². The molecule has 2 N–H and O–H groups in total. The molecule has 0 aliphatic carbocycles. The maximum absolute atomic E-state index is 13.6. The van der Waals surface area contributed by atoms with E-state index in [9.17, 15) is 24.8 Å². The van der Waals surface area contributed by atoms with Gasteiger partial charge in [0, 0.05) is 112 Å². The Balaban J connectivity index is 0.000000202. The van der Waals surface area contributed by atoms with Gasteiger partial charge in [0.25, 0.3) is 17.5 Å². The van der Waals surface area contributed by atoms with Gasteiger partial charge in [-0.1, -0.05) is 118 Å². The van der Waals surface area contributed by atoms with Gasteiger partial charge in [-0.25, -0.2) is 0 Å². The van der Waals surface area contributed by atoms with E-state index in [4.69, 9.17) is 0 Å². The maximum Gasteiger partial charge on any atom is 0.269 e. The Bertz CT molecular complexity index is 2510. The summed E-state index contributed by atoms with van der Waals surface area (Å²) >= 11 is 0. The van der Waals surface area contributed by atoms with Gasteiger partial charge in [0.15, 0.2) is 0 Å². The number of piperazine rings is 2. The number of hydrogen-bond acceptors (Lipinski definition) is 9. The highest BCUT2D eigenvalue weighted by atomic mass is 16.6. The first-order valence-electron chi connectivity index (χ1n) is 23.7. The van der Waals surface area contributed by atoms with Crippen LogP contribution in [0.3, 0.4) is 0 Å². The van der Waals surface area contributed by atoms with Gasteiger partial charge >= 0.3 is 0 Å². The van der Waals surface area contributed by atoms with Crippen LogP contribution in [0.25, 0.3) is 21.5 Å². The van der Waals surface area contributed by atoms with E-state index in [1.165, 1.54) is 30.5 Å². The number of rotatable bonds is 16. The molecule has 2 aliphatic heterocycles. The first-order chi connectivity index (χ1) is 32.2. The molecule has 8 rings (SSSR count). The molecule has 3 heterocycles. The summed E-state index contributed by atoms with van der Waals surface area (Å²) in [5.41, 5.74) is 3.76. The average molecular weight is 892 g/mol. The quantitative estimate of drug-likeness (QED) is 0.0722. The number of aromatic nitrogens is 1. The number of fused-ring (bicyclic) bond motifs is 2. The molecule has 2 aliphatic rings. The standard InChI is InChI=1S/C29H36N4O4.C25H29N3O/c1-3-21(2)32-16-15-31(29(35)28-10-6-8-23-7-4-5-9-27(23)28)19-26(32)17-24(20-34)30-18-22-11-13-25(14-12-22)33(36)37;1-2-3-11-22-19-28(16-15-27(22)18-20-8-7-14-26-17-20)25(29)24-13-6-10-21-9-4-5-12-23(21)24/h4-14,21,24,26,30,34H,3,15-20H2,1-2H3;4-10,12-14,17,22H,2-3,11,15-16,18-19H2,1H3/t21?,24-,26+;22-/m10/s1. The fraction of sp³-hybridized carbons (Fsp3) is 0.389. The SMILES string of the molecule is CCC(C)N1CCN(C(=O)c2cccc3ccccc23)C[C@@H]1C[C@H](CO)NCc1ccc([N+](=O)[O-])cc1.CCCC[C@H]1CN(C(=O)c2cccc3ccccc23)CCN1Cc1cccnc1. The van der Waals surface area contributed by atoms with Crippen molar-refractivity contribution in [1.82, 2.24) is 29.9 Å².